The second kappa shape index (κ2) is 7.58. The van der Waals surface area contributed by atoms with E-state index in [1.807, 2.05) is 0 Å². The van der Waals surface area contributed by atoms with E-state index in [0.717, 1.165) is 0 Å². The molecule has 0 aromatic carbocycles. The maximum absolute atomic E-state index is 12.0. The lowest BCUT2D eigenvalue weighted by molar-refractivity contribution is -0.126. The van der Waals surface area contributed by atoms with E-state index in [9.17, 15) is 9.59 Å². The van der Waals surface area contributed by atoms with Crippen LogP contribution in [0, 0.1) is 5.92 Å². The lowest BCUT2D eigenvalue weighted by atomic mass is 9.98. The quantitative estimate of drug-likeness (QED) is 0.749. The molecule has 0 unspecified atom stereocenters. The summed E-state index contributed by atoms with van der Waals surface area (Å²) in [5, 5.41) is 5.48. The molecule has 0 bridgehead atoms. The van der Waals surface area contributed by atoms with Gasteiger partial charge in [-0.15, -0.1) is 0 Å². The number of carbonyl (C=O) groups is 2. The summed E-state index contributed by atoms with van der Waals surface area (Å²) in [7, 11) is 1.60. The predicted octanol–water partition coefficient (Wildman–Crippen LogP) is 0.571. The van der Waals surface area contributed by atoms with E-state index in [2.05, 4.69) is 15.6 Å². The second-order valence-corrected chi connectivity index (χ2v) is 4.76. The van der Waals surface area contributed by atoms with Gasteiger partial charge in [-0.05, 0) is 12.5 Å². The van der Waals surface area contributed by atoms with Crippen molar-refractivity contribution in [1.29, 1.82) is 0 Å². The molecule has 0 spiro atoms. The van der Waals surface area contributed by atoms with Gasteiger partial charge >= 0.3 is 0 Å². The molecule has 2 N–H and O–H groups in total. The van der Waals surface area contributed by atoms with Crippen LogP contribution in [0.15, 0.2) is 18.3 Å². The lowest BCUT2D eigenvalue weighted by Crippen LogP contribution is -2.40. The Hall–Kier alpha value is -2.15. The smallest absolute Gasteiger partial charge is 0.229 e. The third-order valence-electron chi connectivity index (χ3n) is 3.18. The van der Waals surface area contributed by atoms with Crippen LogP contribution < -0.4 is 15.4 Å². The highest BCUT2D eigenvalue weighted by atomic mass is 16.5. The van der Waals surface area contributed by atoms with E-state index in [4.69, 9.17) is 9.47 Å². The molecule has 1 aliphatic rings. The molecule has 7 heteroatoms. The van der Waals surface area contributed by atoms with Crippen molar-refractivity contribution >= 4 is 17.5 Å². The zero-order valence-corrected chi connectivity index (χ0v) is 11.9. The topological polar surface area (TPSA) is 89.5 Å². The number of carbonyl (C=O) groups excluding carboxylic acids is 2. The van der Waals surface area contributed by atoms with Gasteiger partial charge in [0.05, 0.1) is 24.4 Å². The lowest BCUT2D eigenvalue weighted by Gasteiger charge is -2.21. The average molecular weight is 293 g/mol. The summed E-state index contributed by atoms with van der Waals surface area (Å²) >= 11 is 0. The van der Waals surface area contributed by atoms with Crippen molar-refractivity contribution in [2.45, 2.75) is 12.8 Å². The van der Waals surface area contributed by atoms with E-state index in [0.29, 0.717) is 44.2 Å². The zero-order valence-electron chi connectivity index (χ0n) is 11.9. The van der Waals surface area contributed by atoms with Crippen LogP contribution in [0.2, 0.25) is 0 Å². The minimum atomic E-state index is -0.194. The molecule has 1 aromatic heterocycles. The number of anilines is 1. The van der Waals surface area contributed by atoms with Crippen molar-refractivity contribution in [3.05, 3.63) is 18.3 Å². The maximum Gasteiger partial charge on any atom is 0.229 e. The SMILES string of the molecule is COCCOc1ccc(NC(=O)[C@@H]2CCC(=O)NC2)cn1. The first-order valence-corrected chi connectivity index (χ1v) is 6.84. The monoisotopic (exact) mass is 293 g/mol. The molecule has 0 aliphatic carbocycles. The number of pyridine rings is 1. The van der Waals surface area contributed by atoms with Crippen LogP contribution in [0.5, 0.6) is 5.88 Å². The Morgan fingerprint density at radius 2 is 2.33 bits per heavy atom. The molecule has 2 rings (SSSR count). The van der Waals surface area contributed by atoms with Crippen LogP contribution >= 0.6 is 0 Å². The molecule has 2 amide bonds. The van der Waals surface area contributed by atoms with Crippen LogP contribution in [0.1, 0.15) is 12.8 Å². The molecule has 7 nitrogen and oxygen atoms in total. The number of nitrogens with one attached hydrogen (secondary N) is 2. The number of ether oxygens (including phenoxy) is 2. The fraction of sp³-hybridized carbons (Fsp3) is 0.500. The number of aromatic nitrogens is 1. The van der Waals surface area contributed by atoms with Crippen molar-refractivity contribution in [1.82, 2.24) is 10.3 Å². The third-order valence-corrected chi connectivity index (χ3v) is 3.18. The standard InChI is InChI=1S/C14H19N3O4/c1-20-6-7-21-13-5-3-11(9-16-13)17-14(19)10-2-4-12(18)15-8-10/h3,5,9-10H,2,4,6-8H2,1H3,(H,15,18)(H,17,19)/t10-/m1/s1. The summed E-state index contributed by atoms with van der Waals surface area (Å²) in [4.78, 5) is 27.2. The van der Waals surface area contributed by atoms with Crippen molar-refractivity contribution in [3.8, 4) is 5.88 Å². The largest absolute Gasteiger partial charge is 0.475 e. The van der Waals surface area contributed by atoms with E-state index < -0.39 is 0 Å². The van der Waals surface area contributed by atoms with E-state index >= 15 is 0 Å². The minimum absolute atomic E-state index is 0.00160. The van der Waals surface area contributed by atoms with Crippen molar-refractivity contribution in [2.75, 3.05) is 32.2 Å². The summed E-state index contributed by atoms with van der Waals surface area (Å²) in [6.45, 7) is 1.31. The van der Waals surface area contributed by atoms with Gasteiger partial charge in [0.25, 0.3) is 0 Å². The van der Waals surface area contributed by atoms with Crippen molar-refractivity contribution in [2.24, 2.45) is 5.92 Å². The maximum atomic E-state index is 12.0. The van der Waals surface area contributed by atoms with Gasteiger partial charge in [-0.1, -0.05) is 0 Å². The molecule has 2 heterocycles. The first kappa shape index (κ1) is 15.2. The summed E-state index contributed by atoms with van der Waals surface area (Å²) in [6, 6.07) is 3.42. The second-order valence-electron chi connectivity index (χ2n) is 4.76. The highest BCUT2D eigenvalue weighted by molar-refractivity contribution is 5.93. The predicted molar refractivity (Wildman–Crippen MR) is 76.0 cm³/mol. The fourth-order valence-corrected chi connectivity index (χ4v) is 1.97. The normalized spacial score (nSPS) is 18.0. The Balaban J connectivity index is 1.82. The van der Waals surface area contributed by atoms with Crippen LogP contribution in [0.25, 0.3) is 0 Å². The number of methoxy groups -OCH3 is 1. The number of amides is 2. The van der Waals surface area contributed by atoms with Crippen LogP contribution in [0.4, 0.5) is 5.69 Å². The first-order valence-electron chi connectivity index (χ1n) is 6.84. The van der Waals surface area contributed by atoms with Crippen molar-refractivity contribution in [3.63, 3.8) is 0 Å². The first-order chi connectivity index (χ1) is 10.2. The molecule has 0 radical (unpaired) electrons. The van der Waals surface area contributed by atoms with E-state index in [1.54, 1.807) is 25.4 Å². The molecule has 1 aromatic rings. The number of rotatable bonds is 6. The molecular formula is C14H19N3O4. The number of nitrogens with zero attached hydrogens (tertiary/aromatic N) is 1. The van der Waals surface area contributed by atoms with Crippen LogP contribution in [0.3, 0.4) is 0 Å². The molecule has 0 saturated carbocycles. The molecule has 1 saturated heterocycles. The van der Waals surface area contributed by atoms with Crippen LogP contribution in [-0.4, -0.2) is 43.7 Å². The Kier molecular flexibility index (Phi) is 5.51. The Labute approximate surface area is 123 Å². The molecule has 1 atom stereocenters. The Morgan fingerprint density at radius 3 is 2.95 bits per heavy atom. The van der Waals surface area contributed by atoms with Gasteiger partial charge in [0.2, 0.25) is 17.7 Å². The van der Waals surface area contributed by atoms with Gasteiger partial charge in [-0.3, -0.25) is 9.59 Å². The molecule has 21 heavy (non-hydrogen) atoms. The summed E-state index contributed by atoms with van der Waals surface area (Å²) in [5.74, 6) is 0.179. The summed E-state index contributed by atoms with van der Waals surface area (Å²) in [6.07, 6.45) is 2.51. The number of hydrogen-bond acceptors (Lipinski definition) is 5. The van der Waals surface area contributed by atoms with Gasteiger partial charge in [-0.25, -0.2) is 4.98 Å². The summed E-state index contributed by atoms with van der Waals surface area (Å²) < 4.78 is 10.2. The highest BCUT2D eigenvalue weighted by Crippen LogP contribution is 2.16. The van der Waals surface area contributed by atoms with Gasteiger partial charge in [0.15, 0.2) is 0 Å². The van der Waals surface area contributed by atoms with Crippen molar-refractivity contribution < 1.29 is 19.1 Å². The summed E-state index contributed by atoms with van der Waals surface area (Å²) in [5.41, 5.74) is 0.607. The molecule has 1 fully saturated rings. The Bertz CT molecular complexity index is 479. The average Bonchev–Trinajstić information content (AvgIpc) is 2.50. The molecule has 1 aliphatic heterocycles. The number of hydrogen-bond donors (Lipinski definition) is 2. The third kappa shape index (κ3) is 4.71. The van der Waals surface area contributed by atoms with E-state index in [-0.39, 0.29) is 17.7 Å². The van der Waals surface area contributed by atoms with Gasteiger partial charge < -0.3 is 20.1 Å². The molecule has 114 valence electrons. The highest BCUT2D eigenvalue weighted by Gasteiger charge is 2.24. The number of piperidine rings is 1. The van der Waals surface area contributed by atoms with Gasteiger partial charge in [0.1, 0.15) is 6.61 Å². The van der Waals surface area contributed by atoms with Gasteiger partial charge in [-0.2, -0.15) is 0 Å². The zero-order chi connectivity index (χ0) is 15.1. The van der Waals surface area contributed by atoms with Gasteiger partial charge in [0, 0.05) is 26.1 Å². The van der Waals surface area contributed by atoms with Crippen LogP contribution in [-0.2, 0) is 14.3 Å². The Morgan fingerprint density at radius 1 is 1.48 bits per heavy atom. The fourth-order valence-electron chi connectivity index (χ4n) is 1.97. The van der Waals surface area contributed by atoms with E-state index in [1.165, 1.54) is 0 Å². The minimum Gasteiger partial charge on any atom is -0.475 e. The molecular weight excluding hydrogens is 274 g/mol.